The van der Waals surface area contributed by atoms with Gasteiger partial charge in [-0.25, -0.2) is 8.42 Å². The molecule has 3 nitrogen and oxygen atoms in total. The molecule has 112 valence electrons. The normalized spacial score (nSPS) is 11.4. The van der Waals surface area contributed by atoms with E-state index in [4.69, 9.17) is 38.6 Å². The zero-order valence-electron chi connectivity index (χ0n) is 10.3. The van der Waals surface area contributed by atoms with Crippen molar-refractivity contribution in [3.63, 3.8) is 0 Å². The van der Waals surface area contributed by atoms with Crippen molar-refractivity contribution in [3.8, 4) is 5.75 Å². The highest BCUT2D eigenvalue weighted by atomic mass is 79.9. The molecule has 0 bridgehead atoms. The SMILES string of the molecule is O=S(=O)(Cl)c1ccc(OCc2cccc(Br)c2)c(Cl)c1Cl. The van der Waals surface area contributed by atoms with Crippen LogP contribution in [0.3, 0.4) is 0 Å². The highest BCUT2D eigenvalue weighted by Crippen LogP contribution is 2.38. The molecule has 0 fully saturated rings. The van der Waals surface area contributed by atoms with Crippen LogP contribution in [0.25, 0.3) is 0 Å². The molecule has 21 heavy (non-hydrogen) atoms. The molecule has 0 N–H and O–H groups in total. The average Bonchev–Trinajstić information content (AvgIpc) is 2.39. The molecule has 2 aromatic rings. The van der Waals surface area contributed by atoms with Gasteiger partial charge in [0, 0.05) is 15.2 Å². The van der Waals surface area contributed by atoms with E-state index >= 15 is 0 Å². The van der Waals surface area contributed by atoms with Crippen LogP contribution in [0.15, 0.2) is 45.8 Å². The molecular weight excluding hydrogens is 422 g/mol. The summed E-state index contributed by atoms with van der Waals surface area (Å²) in [5, 5.41) is -0.146. The van der Waals surface area contributed by atoms with Crippen LogP contribution in [-0.2, 0) is 15.7 Å². The van der Waals surface area contributed by atoms with Crippen LogP contribution in [0.2, 0.25) is 10.0 Å². The minimum atomic E-state index is -3.95. The molecule has 0 aliphatic carbocycles. The third-order valence-corrected chi connectivity index (χ3v) is 5.39. The Morgan fingerprint density at radius 2 is 1.81 bits per heavy atom. The summed E-state index contributed by atoms with van der Waals surface area (Å²) < 4.78 is 29.1. The monoisotopic (exact) mass is 428 g/mol. The molecule has 0 aromatic heterocycles. The van der Waals surface area contributed by atoms with Gasteiger partial charge in [-0.05, 0) is 29.8 Å². The van der Waals surface area contributed by atoms with Gasteiger partial charge in [0.2, 0.25) is 0 Å². The smallest absolute Gasteiger partial charge is 0.262 e. The first-order valence-electron chi connectivity index (χ1n) is 5.59. The molecule has 2 rings (SSSR count). The quantitative estimate of drug-likeness (QED) is 0.621. The summed E-state index contributed by atoms with van der Waals surface area (Å²) in [5.41, 5.74) is 0.922. The summed E-state index contributed by atoms with van der Waals surface area (Å²) in [4.78, 5) is -0.245. The Labute approximate surface area is 145 Å². The number of ether oxygens (including phenoxy) is 1. The first-order valence-corrected chi connectivity index (χ1v) is 9.45. The van der Waals surface area contributed by atoms with Crippen molar-refractivity contribution in [2.45, 2.75) is 11.5 Å². The van der Waals surface area contributed by atoms with Crippen molar-refractivity contribution >= 4 is 58.9 Å². The number of hydrogen-bond acceptors (Lipinski definition) is 3. The first kappa shape index (κ1) is 16.9. The minimum Gasteiger partial charge on any atom is -0.487 e. The molecule has 0 aliphatic heterocycles. The van der Waals surface area contributed by atoms with Crippen LogP contribution in [-0.4, -0.2) is 8.42 Å². The number of halogens is 4. The van der Waals surface area contributed by atoms with E-state index in [2.05, 4.69) is 15.9 Å². The number of hydrogen-bond donors (Lipinski definition) is 0. The Kier molecular flexibility index (Phi) is 5.43. The molecule has 0 amide bonds. The lowest BCUT2D eigenvalue weighted by molar-refractivity contribution is 0.306. The Bertz CT molecular complexity index is 778. The fourth-order valence-corrected chi connectivity index (χ4v) is 3.84. The van der Waals surface area contributed by atoms with Crippen LogP contribution < -0.4 is 4.74 Å². The Morgan fingerprint density at radius 3 is 2.43 bits per heavy atom. The standard InChI is InChI=1S/C13H8BrCl3O3S/c14-9-3-1-2-8(6-9)7-20-10-4-5-11(21(17,18)19)13(16)12(10)15/h1-6H,7H2. The maximum absolute atomic E-state index is 11.3. The summed E-state index contributed by atoms with van der Waals surface area (Å²) in [6, 6.07) is 10.2. The molecular formula is C13H8BrCl3O3S. The van der Waals surface area contributed by atoms with E-state index in [1.54, 1.807) is 0 Å². The van der Waals surface area contributed by atoms with Gasteiger partial charge >= 0.3 is 0 Å². The van der Waals surface area contributed by atoms with E-state index in [9.17, 15) is 8.42 Å². The predicted octanol–water partition coefficient (Wildman–Crippen LogP) is 5.26. The molecule has 8 heteroatoms. The van der Waals surface area contributed by atoms with Gasteiger partial charge in [-0.15, -0.1) is 0 Å². The van der Waals surface area contributed by atoms with Gasteiger partial charge in [0.05, 0.1) is 5.02 Å². The fourth-order valence-electron chi connectivity index (χ4n) is 1.60. The molecule has 0 atom stereocenters. The number of rotatable bonds is 4. The largest absolute Gasteiger partial charge is 0.487 e. The van der Waals surface area contributed by atoms with Gasteiger partial charge in [-0.2, -0.15) is 0 Å². The van der Waals surface area contributed by atoms with E-state index in [0.29, 0.717) is 0 Å². The average molecular weight is 431 g/mol. The molecule has 0 saturated carbocycles. The zero-order chi connectivity index (χ0) is 15.6. The number of benzene rings is 2. The van der Waals surface area contributed by atoms with Gasteiger partial charge in [-0.1, -0.05) is 51.3 Å². The van der Waals surface area contributed by atoms with Crippen molar-refractivity contribution < 1.29 is 13.2 Å². The summed E-state index contributed by atoms with van der Waals surface area (Å²) >= 11 is 15.3. The van der Waals surface area contributed by atoms with E-state index in [-0.39, 0.29) is 27.3 Å². The van der Waals surface area contributed by atoms with Crippen LogP contribution in [0.1, 0.15) is 5.56 Å². The molecule has 0 radical (unpaired) electrons. The second kappa shape index (κ2) is 6.75. The van der Waals surface area contributed by atoms with E-state index in [1.807, 2.05) is 24.3 Å². The Balaban J connectivity index is 2.24. The maximum atomic E-state index is 11.3. The Morgan fingerprint density at radius 1 is 1.10 bits per heavy atom. The topological polar surface area (TPSA) is 43.4 Å². The van der Waals surface area contributed by atoms with E-state index < -0.39 is 9.05 Å². The van der Waals surface area contributed by atoms with Gasteiger partial charge < -0.3 is 4.74 Å². The summed E-state index contributed by atoms with van der Waals surface area (Å²) in [7, 11) is 1.31. The molecule has 0 spiro atoms. The van der Waals surface area contributed by atoms with Crippen molar-refractivity contribution in [2.75, 3.05) is 0 Å². The third kappa shape index (κ3) is 4.27. The lowest BCUT2D eigenvalue weighted by Gasteiger charge is -2.11. The second-order valence-corrected chi connectivity index (χ2v) is 8.25. The fraction of sp³-hybridized carbons (Fsp3) is 0.0769. The van der Waals surface area contributed by atoms with Crippen LogP contribution in [0.5, 0.6) is 5.75 Å². The van der Waals surface area contributed by atoms with E-state index in [0.717, 1.165) is 10.0 Å². The third-order valence-electron chi connectivity index (χ3n) is 2.56. The molecule has 0 aliphatic rings. The summed E-state index contributed by atoms with van der Waals surface area (Å²) in [5.74, 6) is 0.283. The maximum Gasteiger partial charge on any atom is 0.262 e. The van der Waals surface area contributed by atoms with Gasteiger partial charge in [-0.3, -0.25) is 0 Å². The lowest BCUT2D eigenvalue weighted by Crippen LogP contribution is -1.98. The van der Waals surface area contributed by atoms with Crippen LogP contribution in [0.4, 0.5) is 0 Å². The lowest BCUT2D eigenvalue weighted by atomic mass is 10.2. The molecule has 0 unspecified atom stereocenters. The van der Waals surface area contributed by atoms with Crippen molar-refractivity contribution in [3.05, 3.63) is 56.5 Å². The first-order chi connectivity index (χ1) is 9.79. The van der Waals surface area contributed by atoms with Crippen LogP contribution in [0, 0.1) is 0 Å². The van der Waals surface area contributed by atoms with Gasteiger partial charge in [0.25, 0.3) is 9.05 Å². The van der Waals surface area contributed by atoms with Gasteiger partial charge in [0.1, 0.15) is 22.3 Å². The van der Waals surface area contributed by atoms with Crippen molar-refractivity contribution in [1.29, 1.82) is 0 Å². The van der Waals surface area contributed by atoms with Crippen molar-refractivity contribution in [1.82, 2.24) is 0 Å². The highest BCUT2D eigenvalue weighted by Gasteiger charge is 2.19. The minimum absolute atomic E-state index is 0.00777. The van der Waals surface area contributed by atoms with Crippen molar-refractivity contribution in [2.24, 2.45) is 0 Å². The molecule has 0 saturated heterocycles. The van der Waals surface area contributed by atoms with E-state index in [1.165, 1.54) is 12.1 Å². The predicted molar refractivity (Wildman–Crippen MR) is 88.0 cm³/mol. The molecule has 2 aromatic carbocycles. The highest BCUT2D eigenvalue weighted by molar-refractivity contribution is 9.10. The zero-order valence-corrected chi connectivity index (χ0v) is 15.0. The molecule has 0 heterocycles. The van der Waals surface area contributed by atoms with Crippen LogP contribution >= 0.6 is 49.8 Å². The summed E-state index contributed by atoms with van der Waals surface area (Å²) in [6.45, 7) is 0.266. The summed E-state index contributed by atoms with van der Waals surface area (Å²) in [6.07, 6.45) is 0. The second-order valence-electron chi connectivity index (χ2n) is 4.05. The van der Waals surface area contributed by atoms with Gasteiger partial charge in [0.15, 0.2) is 0 Å². The Hall–Kier alpha value is -0.460.